The van der Waals surface area contributed by atoms with Crippen molar-refractivity contribution >= 4 is 29.7 Å². The van der Waals surface area contributed by atoms with E-state index in [9.17, 15) is 19.5 Å². The zero-order chi connectivity index (χ0) is 27.8. The van der Waals surface area contributed by atoms with E-state index in [1.165, 1.54) is 12.1 Å². The van der Waals surface area contributed by atoms with Crippen molar-refractivity contribution in [3.05, 3.63) is 29.8 Å². The van der Waals surface area contributed by atoms with Gasteiger partial charge in [0.2, 0.25) is 11.8 Å². The summed E-state index contributed by atoms with van der Waals surface area (Å²) in [4.78, 5) is 41.8. The average Bonchev–Trinajstić information content (AvgIpc) is 2.83. The van der Waals surface area contributed by atoms with E-state index in [-0.39, 0.29) is 17.6 Å². The number of nitrogens with zero attached hydrogens (tertiary/aromatic N) is 1. The van der Waals surface area contributed by atoms with Crippen LogP contribution in [0.15, 0.2) is 24.3 Å². The van der Waals surface area contributed by atoms with Gasteiger partial charge in [-0.05, 0) is 69.7 Å². The van der Waals surface area contributed by atoms with Crippen LogP contribution in [0.2, 0.25) is 0 Å². The first kappa shape index (κ1) is 32.6. The lowest BCUT2D eigenvalue weighted by atomic mass is 10.0. The van der Waals surface area contributed by atoms with Crippen LogP contribution in [0.1, 0.15) is 91.2 Å². The smallest absolute Gasteiger partial charge is 0.408 e. The second-order valence-corrected chi connectivity index (χ2v) is 11.2. The Morgan fingerprint density at radius 2 is 1.68 bits per heavy atom. The molecule has 1 aromatic rings. The number of nitrogens with one attached hydrogen (secondary N) is 2. The Morgan fingerprint density at radius 1 is 1.03 bits per heavy atom. The van der Waals surface area contributed by atoms with E-state index in [4.69, 9.17) is 4.74 Å². The summed E-state index contributed by atoms with van der Waals surface area (Å²) in [5, 5.41) is 15.6. The molecular weight excluding hydrogens is 490 g/mol. The summed E-state index contributed by atoms with van der Waals surface area (Å²) in [5.41, 5.74) is -0.0957. The molecule has 0 aromatic heterocycles. The zero-order valence-electron chi connectivity index (χ0n) is 23.5. The summed E-state index contributed by atoms with van der Waals surface area (Å²) in [6.07, 6.45) is 7.18. The molecule has 0 saturated heterocycles. The molecule has 1 aromatic carbocycles. The molecule has 37 heavy (non-hydrogen) atoms. The normalized spacial score (nSPS) is 12.9. The third-order valence-electron chi connectivity index (χ3n) is 5.73. The van der Waals surface area contributed by atoms with Gasteiger partial charge >= 0.3 is 6.09 Å². The van der Waals surface area contributed by atoms with Gasteiger partial charge in [0.05, 0.1) is 0 Å². The van der Waals surface area contributed by atoms with Crippen LogP contribution >= 0.6 is 11.8 Å². The van der Waals surface area contributed by atoms with Crippen LogP contribution in [0.5, 0.6) is 5.75 Å². The molecule has 0 aliphatic carbocycles. The predicted molar refractivity (Wildman–Crippen MR) is 151 cm³/mol. The second kappa shape index (κ2) is 17.2. The number of phenolic OH excluding ortho intramolecular Hbond substituents is 1. The Hall–Kier alpha value is -2.42. The molecule has 210 valence electrons. The van der Waals surface area contributed by atoms with E-state index in [2.05, 4.69) is 17.6 Å². The number of thioether (sulfide) groups is 1. The van der Waals surface area contributed by atoms with Crippen LogP contribution in [0.25, 0.3) is 0 Å². The molecule has 1 rings (SSSR count). The van der Waals surface area contributed by atoms with Crippen molar-refractivity contribution in [2.45, 2.75) is 97.2 Å². The minimum Gasteiger partial charge on any atom is -0.508 e. The van der Waals surface area contributed by atoms with E-state index < -0.39 is 23.8 Å². The number of alkyl carbamates (subject to hydrolysis) is 1. The molecule has 9 heteroatoms. The summed E-state index contributed by atoms with van der Waals surface area (Å²) < 4.78 is 5.43. The number of phenols is 1. The lowest BCUT2D eigenvalue weighted by molar-refractivity contribution is -0.142. The van der Waals surface area contributed by atoms with Crippen molar-refractivity contribution in [1.82, 2.24) is 15.5 Å². The summed E-state index contributed by atoms with van der Waals surface area (Å²) in [7, 11) is 0. The van der Waals surface area contributed by atoms with Crippen molar-refractivity contribution in [3.8, 4) is 5.75 Å². The fourth-order valence-corrected chi connectivity index (χ4v) is 4.30. The number of benzene rings is 1. The van der Waals surface area contributed by atoms with Gasteiger partial charge in [0.25, 0.3) is 0 Å². The lowest BCUT2D eigenvalue weighted by Crippen LogP contribution is -2.53. The van der Waals surface area contributed by atoms with Gasteiger partial charge < -0.3 is 25.4 Å². The Morgan fingerprint density at radius 3 is 2.24 bits per heavy atom. The number of amides is 3. The van der Waals surface area contributed by atoms with Crippen LogP contribution < -0.4 is 10.6 Å². The molecule has 3 amide bonds. The van der Waals surface area contributed by atoms with Gasteiger partial charge in [-0.15, -0.1) is 0 Å². The summed E-state index contributed by atoms with van der Waals surface area (Å²) in [6.45, 7) is 10.4. The molecule has 3 N–H and O–H groups in total. The van der Waals surface area contributed by atoms with E-state index in [0.717, 1.165) is 38.5 Å². The van der Waals surface area contributed by atoms with Crippen molar-refractivity contribution in [1.29, 1.82) is 0 Å². The van der Waals surface area contributed by atoms with Crippen LogP contribution in [0.3, 0.4) is 0 Å². The second-order valence-electron chi connectivity index (χ2n) is 10.2. The summed E-state index contributed by atoms with van der Waals surface area (Å²) >= 11 is 1.58. The maximum atomic E-state index is 14.0. The molecular formula is C28H47N3O5S. The van der Waals surface area contributed by atoms with Crippen LogP contribution in [-0.2, 0) is 14.3 Å². The molecule has 0 fully saturated rings. The van der Waals surface area contributed by atoms with Crippen LogP contribution in [0, 0.1) is 0 Å². The summed E-state index contributed by atoms with van der Waals surface area (Å²) in [6, 6.07) is 4.66. The number of aromatic hydroxyl groups is 1. The first-order valence-electron chi connectivity index (χ1n) is 13.4. The maximum absolute atomic E-state index is 14.0. The highest BCUT2D eigenvalue weighted by atomic mass is 32.2. The number of ether oxygens (including phenoxy) is 1. The van der Waals surface area contributed by atoms with Crippen molar-refractivity contribution < 1.29 is 24.2 Å². The number of unbranched alkanes of at least 4 members (excludes halogenated alkanes) is 4. The number of carbonyl (C=O) groups is 3. The van der Waals surface area contributed by atoms with Gasteiger partial charge in [0.1, 0.15) is 23.4 Å². The Kier molecular flexibility index (Phi) is 15.1. The molecule has 8 nitrogen and oxygen atoms in total. The molecule has 0 spiro atoms. The first-order chi connectivity index (χ1) is 17.5. The van der Waals surface area contributed by atoms with Crippen molar-refractivity contribution in [3.63, 3.8) is 0 Å². The van der Waals surface area contributed by atoms with Gasteiger partial charge in [-0.3, -0.25) is 9.59 Å². The number of carbonyl (C=O) groups excluding carboxylic acids is 3. The van der Waals surface area contributed by atoms with E-state index in [0.29, 0.717) is 30.8 Å². The Balaban J connectivity index is 3.39. The van der Waals surface area contributed by atoms with Crippen molar-refractivity contribution in [2.75, 3.05) is 25.1 Å². The molecule has 0 saturated carbocycles. The van der Waals surface area contributed by atoms with Crippen molar-refractivity contribution in [2.24, 2.45) is 0 Å². The van der Waals surface area contributed by atoms with Gasteiger partial charge in [0.15, 0.2) is 0 Å². The largest absolute Gasteiger partial charge is 0.508 e. The first-order valence-corrected chi connectivity index (χ1v) is 14.8. The highest BCUT2D eigenvalue weighted by molar-refractivity contribution is 7.98. The molecule has 0 bridgehead atoms. The molecule has 2 atom stereocenters. The average molecular weight is 538 g/mol. The monoisotopic (exact) mass is 537 g/mol. The lowest BCUT2D eigenvalue weighted by Gasteiger charge is -2.34. The topological polar surface area (TPSA) is 108 Å². The molecule has 0 aliphatic heterocycles. The summed E-state index contributed by atoms with van der Waals surface area (Å²) in [5.74, 6) is 0.144. The van der Waals surface area contributed by atoms with Gasteiger partial charge in [-0.25, -0.2) is 4.79 Å². The van der Waals surface area contributed by atoms with Gasteiger partial charge in [-0.1, -0.05) is 51.7 Å². The Bertz CT molecular complexity index is 826. The number of rotatable bonds is 16. The highest BCUT2D eigenvalue weighted by Gasteiger charge is 2.35. The molecule has 2 unspecified atom stereocenters. The Labute approximate surface area is 227 Å². The standard InChI is InChI=1S/C28H47N3O5S/c1-7-9-11-12-19-31(26(34)23(17-20-37-6)30-27(35)36-28(3,4)5)24(25(33)29-18-10-8-2)21-13-15-22(32)16-14-21/h13-16,23-24,32H,7-12,17-20H2,1-6H3,(H,29,33)(H,30,35). The third-order valence-corrected chi connectivity index (χ3v) is 6.38. The van der Waals surface area contributed by atoms with E-state index in [1.807, 2.05) is 13.2 Å². The molecule has 0 aliphatic rings. The quantitative estimate of drug-likeness (QED) is 0.244. The SMILES string of the molecule is CCCCCCN(C(=O)C(CCSC)NC(=O)OC(C)(C)C)C(C(=O)NCCCC)c1ccc(O)cc1. The van der Waals surface area contributed by atoms with Gasteiger partial charge in [-0.2, -0.15) is 11.8 Å². The zero-order valence-corrected chi connectivity index (χ0v) is 24.3. The van der Waals surface area contributed by atoms with E-state index >= 15 is 0 Å². The van der Waals surface area contributed by atoms with E-state index in [1.54, 1.807) is 49.6 Å². The minimum absolute atomic E-state index is 0.0825. The predicted octanol–water partition coefficient (Wildman–Crippen LogP) is 5.40. The van der Waals surface area contributed by atoms with Crippen LogP contribution in [-0.4, -0.2) is 64.7 Å². The fourth-order valence-electron chi connectivity index (χ4n) is 3.83. The van der Waals surface area contributed by atoms with Crippen LogP contribution in [0.4, 0.5) is 4.79 Å². The third kappa shape index (κ3) is 12.6. The molecule has 0 heterocycles. The number of hydrogen-bond donors (Lipinski definition) is 3. The highest BCUT2D eigenvalue weighted by Crippen LogP contribution is 2.26. The fraction of sp³-hybridized carbons (Fsp3) is 0.679. The number of hydrogen-bond acceptors (Lipinski definition) is 6. The van der Waals surface area contributed by atoms with Gasteiger partial charge in [0, 0.05) is 13.1 Å². The molecule has 0 radical (unpaired) electrons. The minimum atomic E-state index is -0.885. The maximum Gasteiger partial charge on any atom is 0.408 e.